The fourth-order valence-electron chi connectivity index (χ4n) is 2.28. The predicted molar refractivity (Wildman–Crippen MR) is 70.9 cm³/mol. The SMILES string of the molecule is CC1CCC(CNC(=O)c2csc(Br)c2)C1. The molecule has 1 aliphatic rings. The minimum absolute atomic E-state index is 0.0569. The van der Waals surface area contributed by atoms with Crippen molar-refractivity contribution in [2.45, 2.75) is 26.2 Å². The Morgan fingerprint density at radius 1 is 1.62 bits per heavy atom. The van der Waals surface area contributed by atoms with Crippen molar-refractivity contribution in [2.75, 3.05) is 6.54 Å². The second-order valence-electron chi connectivity index (χ2n) is 4.63. The Balaban J connectivity index is 1.80. The maximum absolute atomic E-state index is 11.8. The van der Waals surface area contributed by atoms with E-state index < -0.39 is 0 Å². The number of thiophene rings is 1. The van der Waals surface area contributed by atoms with Gasteiger partial charge in [-0.25, -0.2) is 0 Å². The minimum atomic E-state index is 0.0569. The van der Waals surface area contributed by atoms with Gasteiger partial charge in [-0.15, -0.1) is 11.3 Å². The molecule has 0 saturated heterocycles. The summed E-state index contributed by atoms with van der Waals surface area (Å²) in [4.78, 5) is 11.8. The predicted octanol–water partition coefficient (Wildman–Crippen LogP) is 3.68. The largest absolute Gasteiger partial charge is 0.352 e. The zero-order chi connectivity index (χ0) is 11.5. The highest BCUT2D eigenvalue weighted by molar-refractivity contribution is 9.11. The van der Waals surface area contributed by atoms with Crippen molar-refractivity contribution >= 4 is 33.2 Å². The maximum Gasteiger partial charge on any atom is 0.252 e. The highest BCUT2D eigenvalue weighted by Gasteiger charge is 2.21. The number of carbonyl (C=O) groups is 1. The zero-order valence-electron chi connectivity index (χ0n) is 9.33. The lowest BCUT2D eigenvalue weighted by molar-refractivity contribution is 0.0947. The Labute approximate surface area is 109 Å². The average molecular weight is 302 g/mol. The summed E-state index contributed by atoms with van der Waals surface area (Å²) in [6.07, 6.45) is 3.83. The van der Waals surface area contributed by atoms with E-state index in [0.29, 0.717) is 5.92 Å². The van der Waals surface area contributed by atoms with Crippen molar-refractivity contribution in [1.82, 2.24) is 5.32 Å². The molecule has 1 aliphatic carbocycles. The van der Waals surface area contributed by atoms with Gasteiger partial charge in [-0.05, 0) is 46.7 Å². The van der Waals surface area contributed by atoms with Gasteiger partial charge in [-0.3, -0.25) is 4.79 Å². The van der Waals surface area contributed by atoms with Crippen molar-refractivity contribution < 1.29 is 4.79 Å². The van der Waals surface area contributed by atoms with Crippen LogP contribution in [0.5, 0.6) is 0 Å². The number of hydrogen-bond donors (Lipinski definition) is 1. The third kappa shape index (κ3) is 3.08. The molecule has 1 amide bonds. The van der Waals surface area contributed by atoms with Gasteiger partial charge >= 0.3 is 0 Å². The van der Waals surface area contributed by atoms with Crippen LogP contribution in [-0.4, -0.2) is 12.5 Å². The quantitative estimate of drug-likeness (QED) is 0.906. The molecule has 0 bridgehead atoms. The van der Waals surface area contributed by atoms with Gasteiger partial charge in [0, 0.05) is 11.9 Å². The Hall–Kier alpha value is -0.350. The van der Waals surface area contributed by atoms with Gasteiger partial charge in [0.05, 0.1) is 9.35 Å². The standard InChI is InChI=1S/C12H16BrNOS/c1-8-2-3-9(4-8)6-14-12(15)10-5-11(13)16-7-10/h5,7-9H,2-4,6H2,1H3,(H,14,15). The summed E-state index contributed by atoms with van der Waals surface area (Å²) in [6.45, 7) is 3.12. The van der Waals surface area contributed by atoms with Crippen molar-refractivity contribution in [2.24, 2.45) is 11.8 Å². The zero-order valence-corrected chi connectivity index (χ0v) is 11.7. The lowest BCUT2D eigenvalue weighted by Gasteiger charge is -2.10. The van der Waals surface area contributed by atoms with E-state index in [1.54, 1.807) is 11.3 Å². The molecule has 88 valence electrons. The number of carbonyl (C=O) groups excluding carboxylic acids is 1. The van der Waals surface area contributed by atoms with Crippen LogP contribution in [0.1, 0.15) is 36.5 Å². The summed E-state index contributed by atoms with van der Waals surface area (Å²) >= 11 is 4.91. The molecule has 1 aromatic rings. The van der Waals surface area contributed by atoms with Crippen LogP contribution in [0, 0.1) is 11.8 Å². The van der Waals surface area contributed by atoms with Crippen LogP contribution < -0.4 is 5.32 Å². The van der Waals surface area contributed by atoms with Crippen LogP contribution in [-0.2, 0) is 0 Å². The third-order valence-electron chi connectivity index (χ3n) is 3.18. The molecular formula is C12H16BrNOS. The molecule has 0 spiro atoms. The molecule has 4 heteroatoms. The molecule has 2 unspecified atom stereocenters. The summed E-state index contributed by atoms with van der Waals surface area (Å²) in [5, 5.41) is 4.91. The van der Waals surface area contributed by atoms with Crippen molar-refractivity contribution in [3.63, 3.8) is 0 Å². The normalized spacial score (nSPS) is 24.6. The first-order valence-corrected chi connectivity index (χ1v) is 7.34. The molecule has 0 radical (unpaired) electrons. The molecule has 0 aliphatic heterocycles. The van der Waals surface area contributed by atoms with Crippen LogP contribution in [0.3, 0.4) is 0 Å². The number of rotatable bonds is 3. The van der Waals surface area contributed by atoms with Gasteiger partial charge in [0.15, 0.2) is 0 Å². The minimum Gasteiger partial charge on any atom is -0.352 e. The van der Waals surface area contributed by atoms with Gasteiger partial charge < -0.3 is 5.32 Å². The molecule has 2 rings (SSSR count). The Morgan fingerprint density at radius 3 is 3.00 bits per heavy atom. The average Bonchev–Trinajstić information content (AvgIpc) is 2.84. The van der Waals surface area contributed by atoms with Crippen LogP contribution in [0.15, 0.2) is 15.2 Å². The van der Waals surface area contributed by atoms with Gasteiger partial charge in [0.1, 0.15) is 0 Å². The van der Waals surface area contributed by atoms with Crippen LogP contribution in [0.2, 0.25) is 0 Å². The molecule has 1 aromatic heterocycles. The van der Waals surface area contributed by atoms with E-state index in [2.05, 4.69) is 28.2 Å². The van der Waals surface area contributed by atoms with Gasteiger partial charge in [0.2, 0.25) is 0 Å². The van der Waals surface area contributed by atoms with Crippen LogP contribution >= 0.6 is 27.3 Å². The summed E-state index contributed by atoms with van der Waals surface area (Å²) in [5.74, 6) is 1.57. The number of hydrogen-bond acceptors (Lipinski definition) is 2. The van der Waals surface area contributed by atoms with E-state index in [9.17, 15) is 4.79 Å². The lowest BCUT2D eigenvalue weighted by atomic mass is 10.1. The fourth-order valence-corrected chi connectivity index (χ4v) is 3.42. The van der Waals surface area contributed by atoms with Crippen LogP contribution in [0.25, 0.3) is 0 Å². The topological polar surface area (TPSA) is 29.1 Å². The van der Waals surface area contributed by atoms with E-state index >= 15 is 0 Å². The van der Waals surface area contributed by atoms with Gasteiger partial charge in [0.25, 0.3) is 5.91 Å². The van der Waals surface area contributed by atoms with Crippen LogP contribution in [0.4, 0.5) is 0 Å². The first-order chi connectivity index (χ1) is 7.65. The highest BCUT2D eigenvalue weighted by Crippen LogP contribution is 2.29. The van der Waals surface area contributed by atoms with E-state index in [4.69, 9.17) is 0 Å². The van der Waals surface area contributed by atoms with Crippen molar-refractivity contribution in [3.05, 3.63) is 20.8 Å². The van der Waals surface area contributed by atoms with Crippen molar-refractivity contribution in [3.8, 4) is 0 Å². The van der Waals surface area contributed by atoms with E-state index in [-0.39, 0.29) is 5.91 Å². The fraction of sp³-hybridized carbons (Fsp3) is 0.583. The molecule has 1 heterocycles. The second-order valence-corrected chi connectivity index (χ2v) is 6.92. The number of halogens is 1. The number of nitrogens with one attached hydrogen (secondary N) is 1. The Kier molecular flexibility index (Phi) is 4.03. The summed E-state index contributed by atoms with van der Waals surface area (Å²) < 4.78 is 1.01. The first-order valence-electron chi connectivity index (χ1n) is 5.67. The van der Waals surface area contributed by atoms with Crippen molar-refractivity contribution in [1.29, 1.82) is 0 Å². The van der Waals surface area contributed by atoms with E-state index in [0.717, 1.165) is 21.8 Å². The third-order valence-corrected chi connectivity index (χ3v) is 4.69. The number of amides is 1. The van der Waals surface area contributed by atoms with Gasteiger partial charge in [-0.1, -0.05) is 13.3 Å². The molecule has 1 N–H and O–H groups in total. The molecule has 1 saturated carbocycles. The molecule has 16 heavy (non-hydrogen) atoms. The second kappa shape index (κ2) is 5.32. The monoisotopic (exact) mass is 301 g/mol. The smallest absolute Gasteiger partial charge is 0.252 e. The summed E-state index contributed by atoms with van der Waals surface area (Å²) in [7, 11) is 0. The molecule has 1 fully saturated rings. The first kappa shape index (κ1) is 12.1. The maximum atomic E-state index is 11.8. The summed E-state index contributed by atoms with van der Waals surface area (Å²) in [6, 6.07) is 1.87. The Bertz CT molecular complexity index is 377. The molecule has 0 aromatic carbocycles. The van der Waals surface area contributed by atoms with E-state index in [1.165, 1.54) is 19.3 Å². The molecular weight excluding hydrogens is 286 g/mol. The van der Waals surface area contributed by atoms with E-state index in [1.807, 2.05) is 11.4 Å². The van der Waals surface area contributed by atoms with Gasteiger partial charge in [-0.2, -0.15) is 0 Å². The Morgan fingerprint density at radius 2 is 2.44 bits per heavy atom. The molecule has 2 atom stereocenters. The highest BCUT2D eigenvalue weighted by atomic mass is 79.9. The summed E-state index contributed by atoms with van der Waals surface area (Å²) in [5.41, 5.74) is 0.767. The lowest BCUT2D eigenvalue weighted by Crippen LogP contribution is -2.28. The molecule has 2 nitrogen and oxygen atoms in total.